The van der Waals surface area contributed by atoms with E-state index in [2.05, 4.69) is 19.9 Å². The highest BCUT2D eigenvalue weighted by molar-refractivity contribution is 14.0. The van der Waals surface area contributed by atoms with Crippen molar-refractivity contribution in [2.75, 3.05) is 19.6 Å². The van der Waals surface area contributed by atoms with Gasteiger partial charge in [0.15, 0.2) is 5.96 Å². The number of piperidine rings is 1. The normalized spacial score (nSPS) is 17.4. The number of halogens is 3. The summed E-state index contributed by atoms with van der Waals surface area (Å²) in [5.74, 6) is 0.747. The van der Waals surface area contributed by atoms with E-state index in [4.69, 9.17) is 5.73 Å². The molecule has 2 rings (SSSR count). The average molecular weight is 496 g/mol. The minimum absolute atomic E-state index is 0. The smallest absolute Gasteiger partial charge is 0.387 e. The van der Waals surface area contributed by atoms with Crippen molar-refractivity contribution in [2.24, 2.45) is 16.6 Å². The third-order valence-corrected chi connectivity index (χ3v) is 4.23. The van der Waals surface area contributed by atoms with E-state index in [1.165, 1.54) is 6.07 Å². The summed E-state index contributed by atoms with van der Waals surface area (Å²) < 4.78 is 29.6. The van der Waals surface area contributed by atoms with Gasteiger partial charge in [0.2, 0.25) is 5.91 Å². The number of nitrogens with one attached hydrogen (secondary N) is 1. The van der Waals surface area contributed by atoms with Crippen molar-refractivity contribution in [1.29, 1.82) is 0 Å². The number of nitrogens with two attached hydrogens (primary N) is 1. The predicted octanol–water partition coefficient (Wildman–Crippen LogP) is 2.96. The molecular weight excluding hydrogens is 469 g/mol. The fourth-order valence-corrected chi connectivity index (χ4v) is 3.14. The molecule has 0 spiro atoms. The van der Waals surface area contributed by atoms with Gasteiger partial charge in [0.1, 0.15) is 5.75 Å². The van der Waals surface area contributed by atoms with Crippen LogP contribution in [-0.4, -0.2) is 43.0 Å². The summed E-state index contributed by atoms with van der Waals surface area (Å²) in [6, 6.07) is 6.64. The van der Waals surface area contributed by atoms with Crippen LogP contribution in [0.25, 0.3) is 0 Å². The molecule has 0 bridgehead atoms. The zero-order valence-corrected chi connectivity index (χ0v) is 17.7. The fourth-order valence-electron chi connectivity index (χ4n) is 3.14. The van der Waals surface area contributed by atoms with Crippen LogP contribution >= 0.6 is 24.0 Å². The molecule has 1 fully saturated rings. The van der Waals surface area contributed by atoms with E-state index in [0.29, 0.717) is 31.0 Å². The average Bonchev–Trinajstić information content (AvgIpc) is 2.59. The van der Waals surface area contributed by atoms with Crippen LogP contribution in [0, 0.1) is 5.92 Å². The predicted molar refractivity (Wildman–Crippen MR) is 111 cm³/mol. The number of hydrogen-bond acceptors (Lipinski definition) is 3. The number of aliphatic imine (C=N–C) groups is 1. The Labute approximate surface area is 175 Å². The van der Waals surface area contributed by atoms with Gasteiger partial charge in [0, 0.05) is 31.6 Å². The molecule has 6 nitrogen and oxygen atoms in total. The third-order valence-electron chi connectivity index (χ3n) is 4.23. The minimum Gasteiger partial charge on any atom is -0.434 e. The van der Waals surface area contributed by atoms with Gasteiger partial charge in [-0.1, -0.05) is 18.2 Å². The molecule has 0 aliphatic carbocycles. The van der Waals surface area contributed by atoms with Crippen molar-refractivity contribution in [3.05, 3.63) is 29.8 Å². The van der Waals surface area contributed by atoms with Crippen molar-refractivity contribution >= 4 is 35.8 Å². The number of rotatable bonds is 7. The van der Waals surface area contributed by atoms with Crippen LogP contribution in [0.3, 0.4) is 0 Å². The molecule has 27 heavy (non-hydrogen) atoms. The number of alkyl halides is 2. The Morgan fingerprint density at radius 2 is 2.19 bits per heavy atom. The van der Waals surface area contributed by atoms with E-state index in [0.717, 1.165) is 19.4 Å². The molecule has 1 aromatic rings. The zero-order valence-electron chi connectivity index (χ0n) is 15.4. The van der Waals surface area contributed by atoms with Gasteiger partial charge in [-0.3, -0.25) is 4.79 Å². The first-order chi connectivity index (χ1) is 12.5. The number of guanidine groups is 1. The molecule has 1 unspecified atom stereocenters. The fraction of sp³-hybridized carbons (Fsp3) is 0.556. The van der Waals surface area contributed by atoms with Crippen molar-refractivity contribution in [1.82, 2.24) is 10.2 Å². The van der Waals surface area contributed by atoms with E-state index in [-0.39, 0.29) is 48.1 Å². The molecular formula is C18H27F2IN4O2. The van der Waals surface area contributed by atoms with E-state index in [1.807, 2.05) is 6.92 Å². The number of primary amides is 1. The lowest BCUT2D eigenvalue weighted by molar-refractivity contribution is -0.119. The Kier molecular flexibility index (Phi) is 10.3. The first-order valence-electron chi connectivity index (χ1n) is 8.83. The van der Waals surface area contributed by atoms with Crippen molar-refractivity contribution in [3.8, 4) is 5.75 Å². The summed E-state index contributed by atoms with van der Waals surface area (Å²) in [6.07, 6.45) is 2.28. The molecule has 0 radical (unpaired) electrons. The van der Waals surface area contributed by atoms with E-state index in [9.17, 15) is 13.6 Å². The van der Waals surface area contributed by atoms with Crippen molar-refractivity contribution in [2.45, 2.75) is 39.3 Å². The second-order valence-electron chi connectivity index (χ2n) is 6.28. The summed E-state index contributed by atoms with van der Waals surface area (Å²) in [4.78, 5) is 17.9. The van der Waals surface area contributed by atoms with Crippen LogP contribution in [-0.2, 0) is 11.3 Å². The van der Waals surface area contributed by atoms with Crippen LogP contribution in [0.2, 0.25) is 0 Å². The van der Waals surface area contributed by atoms with Gasteiger partial charge in [0.25, 0.3) is 0 Å². The van der Waals surface area contributed by atoms with Gasteiger partial charge in [-0.05, 0) is 31.7 Å². The summed E-state index contributed by atoms with van der Waals surface area (Å²) in [7, 11) is 0. The number of ether oxygens (including phenoxy) is 1. The number of carbonyl (C=O) groups excluding carboxylic acids is 1. The number of nitrogens with zero attached hydrogens (tertiary/aromatic N) is 2. The topological polar surface area (TPSA) is 80.0 Å². The zero-order chi connectivity index (χ0) is 18.9. The van der Waals surface area contributed by atoms with Gasteiger partial charge in [-0.15, -0.1) is 24.0 Å². The maximum Gasteiger partial charge on any atom is 0.387 e. The maximum atomic E-state index is 12.5. The first-order valence-corrected chi connectivity index (χ1v) is 8.83. The molecule has 1 atom stereocenters. The lowest BCUT2D eigenvalue weighted by Gasteiger charge is -2.34. The molecule has 3 N–H and O–H groups in total. The lowest BCUT2D eigenvalue weighted by atomic mass is 9.95. The monoisotopic (exact) mass is 496 g/mol. The summed E-state index contributed by atoms with van der Waals surface area (Å²) >= 11 is 0. The molecule has 1 aromatic carbocycles. The largest absolute Gasteiger partial charge is 0.434 e. The lowest BCUT2D eigenvalue weighted by Crippen LogP contribution is -2.47. The highest BCUT2D eigenvalue weighted by Gasteiger charge is 2.23. The van der Waals surface area contributed by atoms with E-state index < -0.39 is 6.61 Å². The molecule has 0 saturated carbocycles. The minimum atomic E-state index is -2.87. The van der Waals surface area contributed by atoms with Gasteiger partial charge in [0.05, 0.1) is 6.54 Å². The van der Waals surface area contributed by atoms with E-state index >= 15 is 0 Å². The number of likely N-dealkylation sites (tertiary alicyclic amines) is 1. The number of amides is 1. The Balaban J connectivity index is 0.00000364. The van der Waals surface area contributed by atoms with Crippen LogP contribution in [0.1, 0.15) is 31.7 Å². The van der Waals surface area contributed by atoms with Crippen molar-refractivity contribution < 1.29 is 18.3 Å². The third kappa shape index (κ3) is 7.86. The van der Waals surface area contributed by atoms with E-state index in [1.54, 1.807) is 18.2 Å². The van der Waals surface area contributed by atoms with Crippen LogP contribution in [0.5, 0.6) is 5.75 Å². The SMILES string of the molecule is CCNC(=NCc1ccccc1OC(F)F)N1CCCC(CC(N)=O)C1.I. The standard InChI is InChI=1S/C18H26F2N4O2.HI/c1-2-22-18(24-9-5-6-13(12-24)10-16(21)25)23-11-14-7-3-4-8-15(14)26-17(19)20;/h3-4,7-8,13,17H,2,5-6,9-12H2,1H3,(H2,21,25)(H,22,23);1H. The second kappa shape index (κ2) is 11.9. The Morgan fingerprint density at radius 3 is 2.85 bits per heavy atom. The second-order valence-corrected chi connectivity index (χ2v) is 6.28. The maximum absolute atomic E-state index is 12.5. The van der Waals surface area contributed by atoms with Gasteiger partial charge >= 0.3 is 6.61 Å². The Morgan fingerprint density at radius 1 is 1.44 bits per heavy atom. The molecule has 9 heteroatoms. The quantitative estimate of drug-likeness (QED) is 0.346. The van der Waals surface area contributed by atoms with Crippen LogP contribution < -0.4 is 15.8 Å². The summed E-state index contributed by atoms with van der Waals surface area (Å²) in [6.45, 7) is 1.53. The highest BCUT2D eigenvalue weighted by Crippen LogP contribution is 2.22. The molecule has 0 aromatic heterocycles. The van der Waals surface area contributed by atoms with Gasteiger partial charge < -0.3 is 20.7 Å². The van der Waals surface area contributed by atoms with Gasteiger partial charge in [-0.2, -0.15) is 8.78 Å². The number of carbonyl (C=O) groups is 1. The molecule has 152 valence electrons. The highest BCUT2D eigenvalue weighted by atomic mass is 127. The molecule has 1 aliphatic heterocycles. The van der Waals surface area contributed by atoms with Crippen LogP contribution in [0.4, 0.5) is 8.78 Å². The Bertz CT molecular complexity index is 631. The summed E-state index contributed by atoms with van der Waals surface area (Å²) in [5, 5.41) is 3.23. The van der Waals surface area contributed by atoms with Gasteiger partial charge in [-0.25, -0.2) is 4.99 Å². The summed E-state index contributed by atoms with van der Waals surface area (Å²) in [5.41, 5.74) is 5.91. The number of para-hydroxylation sites is 1. The van der Waals surface area contributed by atoms with Crippen molar-refractivity contribution in [3.63, 3.8) is 0 Å². The Hall–Kier alpha value is -1.65. The number of benzene rings is 1. The molecule has 1 amide bonds. The van der Waals surface area contributed by atoms with Crippen LogP contribution in [0.15, 0.2) is 29.3 Å². The number of hydrogen-bond donors (Lipinski definition) is 2. The molecule has 1 aliphatic rings. The molecule has 1 heterocycles. The first kappa shape index (κ1) is 23.4. The molecule has 1 saturated heterocycles.